The first-order valence-corrected chi connectivity index (χ1v) is 12.2. The molecule has 0 amide bonds. The third-order valence-corrected chi connectivity index (χ3v) is 8.08. The third kappa shape index (κ3) is 3.96. The van der Waals surface area contributed by atoms with Gasteiger partial charge in [-0.3, -0.25) is 0 Å². The van der Waals surface area contributed by atoms with Crippen molar-refractivity contribution in [1.29, 1.82) is 0 Å². The van der Waals surface area contributed by atoms with E-state index < -0.39 is 0 Å². The Balaban J connectivity index is 1.60. The Morgan fingerprint density at radius 3 is 2.72 bits per heavy atom. The van der Waals surface area contributed by atoms with Crippen LogP contribution in [0.25, 0.3) is 28.0 Å². The van der Waals surface area contributed by atoms with Crippen LogP contribution < -0.4 is 5.32 Å². The predicted octanol–water partition coefficient (Wildman–Crippen LogP) is 6.23. The Morgan fingerprint density at radius 1 is 1.07 bits per heavy atom. The highest BCUT2D eigenvalue weighted by Gasteiger charge is 2.23. The lowest BCUT2D eigenvalue weighted by Gasteiger charge is -2.21. The number of anilines is 1. The molecule has 2 aliphatic rings. The second kappa shape index (κ2) is 8.67. The SMILES string of the molecule is C1=CC(c2c(-c3ccccc3)oc3ncnc(NCC4SCCCS4)c23)=CCC1. The number of hydrogen-bond acceptors (Lipinski definition) is 6. The average Bonchev–Trinajstić information content (AvgIpc) is 3.20. The standard InChI is InChI=1S/C23H23N3OS2/c1-3-8-16(9-4-1)19-20-22(24-14-18-28-12-7-13-29-18)25-15-26-23(20)27-21(19)17-10-5-2-6-11-17/h2-3,5-6,8-11,15,18H,1,4,7,12-14H2,(H,24,25,26). The molecule has 0 atom stereocenters. The monoisotopic (exact) mass is 421 g/mol. The van der Waals surface area contributed by atoms with Crippen molar-refractivity contribution in [3.8, 4) is 11.3 Å². The average molecular weight is 422 g/mol. The van der Waals surface area contributed by atoms with Gasteiger partial charge in [-0.25, -0.2) is 9.97 Å². The first-order chi connectivity index (χ1) is 14.4. The minimum absolute atomic E-state index is 0.562. The Labute approximate surface area is 179 Å². The summed E-state index contributed by atoms with van der Waals surface area (Å²) in [5.41, 5.74) is 3.98. The molecule has 2 aromatic heterocycles. The van der Waals surface area contributed by atoms with Gasteiger partial charge in [0, 0.05) is 17.7 Å². The van der Waals surface area contributed by atoms with E-state index in [1.807, 2.05) is 41.7 Å². The number of benzene rings is 1. The highest BCUT2D eigenvalue weighted by atomic mass is 32.2. The van der Waals surface area contributed by atoms with Crippen LogP contribution in [0.5, 0.6) is 0 Å². The summed E-state index contributed by atoms with van der Waals surface area (Å²) in [6.45, 7) is 0.890. The fourth-order valence-electron chi connectivity index (χ4n) is 3.77. The van der Waals surface area contributed by atoms with E-state index >= 15 is 0 Å². The van der Waals surface area contributed by atoms with Crippen molar-refractivity contribution in [2.45, 2.75) is 23.8 Å². The molecule has 0 radical (unpaired) electrons. The van der Waals surface area contributed by atoms with E-state index in [2.05, 4.69) is 45.6 Å². The molecule has 1 N–H and O–H groups in total. The van der Waals surface area contributed by atoms with Gasteiger partial charge in [0.15, 0.2) is 0 Å². The van der Waals surface area contributed by atoms with Gasteiger partial charge in [-0.05, 0) is 36.3 Å². The van der Waals surface area contributed by atoms with E-state index in [0.29, 0.717) is 10.3 Å². The van der Waals surface area contributed by atoms with Gasteiger partial charge in [0.1, 0.15) is 17.9 Å². The van der Waals surface area contributed by atoms with Gasteiger partial charge in [-0.1, -0.05) is 48.6 Å². The molecule has 1 fully saturated rings. The van der Waals surface area contributed by atoms with Crippen molar-refractivity contribution in [2.75, 3.05) is 23.4 Å². The lowest BCUT2D eigenvalue weighted by molar-refractivity contribution is 0.616. The van der Waals surface area contributed by atoms with Crippen molar-refractivity contribution >= 4 is 46.0 Å². The number of thioether (sulfide) groups is 2. The van der Waals surface area contributed by atoms with Crippen molar-refractivity contribution in [2.24, 2.45) is 0 Å². The van der Waals surface area contributed by atoms with Gasteiger partial charge in [0.25, 0.3) is 0 Å². The molecule has 1 aliphatic heterocycles. The molecule has 0 saturated carbocycles. The summed E-state index contributed by atoms with van der Waals surface area (Å²) < 4.78 is 6.86. The van der Waals surface area contributed by atoms with Gasteiger partial charge >= 0.3 is 0 Å². The quantitative estimate of drug-likeness (QED) is 0.527. The summed E-state index contributed by atoms with van der Waals surface area (Å²) in [4.78, 5) is 9.06. The molecule has 0 spiro atoms. The Hall–Kier alpha value is -2.18. The van der Waals surface area contributed by atoms with Gasteiger partial charge < -0.3 is 9.73 Å². The zero-order valence-corrected chi connectivity index (χ0v) is 17.8. The summed E-state index contributed by atoms with van der Waals surface area (Å²) in [6, 6.07) is 10.3. The van der Waals surface area contributed by atoms with Gasteiger partial charge in [0.2, 0.25) is 5.71 Å². The van der Waals surface area contributed by atoms with E-state index in [1.165, 1.54) is 23.5 Å². The van der Waals surface area contributed by atoms with Crippen molar-refractivity contribution in [3.63, 3.8) is 0 Å². The van der Waals surface area contributed by atoms with Crippen molar-refractivity contribution in [3.05, 3.63) is 60.5 Å². The number of rotatable bonds is 5. The molecule has 6 heteroatoms. The number of allylic oxidation sites excluding steroid dienone is 4. The summed E-state index contributed by atoms with van der Waals surface area (Å²) in [6.07, 6.45) is 11.7. The molecule has 1 saturated heterocycles. The van der Waals surface area contributed by atoms with Crippen molar-refractivity contribution in [1.82, 2.24) is 9.97 Å². The topological polar surface area (TPSA) is 51.0 Å². The first kappa shape index (κ1) is 18.8. The number of nitrogens with zero attached hydrogens (tertiary/aromatic N) is 2. The van der Waals surface area contributed by atoms with E-state index in [9.17, 15) is 0 Å². The normalized spacial score (nSPS) is 17.4. The maximum Gasteiger partial charge on any atom is 0.232 e. The zero-order valence-electron chi connectivity index (χ0n) is 16.1. The molecule has 0 unspecified atom stereocenters. The molecule has 0 bridgehead atoms. The van der Waals surface area contributed by atoms with Crippen LogP contribution in [0.2, 0.25) is 0 Å². The second-order valence-corrected chi connectivity index (χ2v) is 10.0. The fourth-order valence-corrected chi connectivity index (χ4v) is 6.46. The highest BCUT2D eigenvalue weighted by molar-refractivity contribution is 8.17. The molecule has 3 aromatic rings. The summed E-state index contributed by atoms with van der Waals surface area (Å²) in [5, 5.41) is 4.58. The molecular formula is C23H23N3OS2. The van der Waals surface area contributed by atoms with Gasteiger partial charge in [-0.2, -0.15) is 0 Å². The predicted molar refractivity (Wildman–Crippen MR) is 125 cm³/mol. The Bertz CT molecular complexity index is 1050. The zero-order chi connectivity index (χ0) is 19.5. The molecule has 3 heterocycles. The van der Waals surface area contributed by atoms with Crippen LogP contribution in [0.3, 0.4) is 0 Å². The fraction of sp³-hybridized carbons (Fsp3) is 0.304. The van der Waals surface area contributed by atoms with Crippen LogP contribution in [-0.2, 0) is 0 Å². The minimum atomic E-state index is 0.562. The summed E-state index contributed by atoms with van der Waals surface area (Å²) >= 11 is 4.07. The number of fused-ring (bicyclic) bond motifs is 1. The molecule has 1 aromatic carbocycles. The first-order valence-electron chi connectivity index (χ1n) is 10.1. The molecule has 4 nitrogen and oxygen atoms in total. The molecule has 1 aliphatic carbocycles. The lowest BCUT2D eigenvalue weighted by Crippen LogP contribution is -2.18. The van der Waals surface area contributed by atoms with E-state index in [1.54, 1.807) is 6.33 Å². The largest absolute Gasteiger partial charge is 0.437 e. The van der Waals surface area contributed by atoms with Crippen LogP contribution in [0.4, 0.5) is 5.82 Å². The smallest absolute Gasteiger partial charge is 0.232 e. The van der Waals surface area contributed by atoms with E-state index in [4.69, 9.17) is 4.42 Å². The minimum Gasteiger partial charge on any atom is -0.437 e. The van der Waals surface area contributed by atoms with Gasteiger partial charge in [-0.15, -0.1) is 23.5 Å². The van der Waals surface area contributed by atoms with E-state index in [-0.39, 0.29) is 0 Å². The lowest BCUT2D eigenvalue weighted by atomic mass is 9.95. The number of aromatic nitrogens is 2. The summed E-state index contributed by atoms with van der Waals surface area (Å²) in [7, 11) is 0. The molecule has 5 rings (SSSR count). The van der Waals surface area contributed by atoms with Crippen LogP contribution in [-0.4, -0.2) is 32.6 Å². The Kier molecular flexibility index (Phi) is 5.63. The maximum atomic E-state index is 6.29. The van der Waals surface area contributed by atoms with E-state index in [0.717, 1.165) is 47.5 Å². The van der Waals surface area contributed by atoms with Gasteiger partial charge in [0.05, 0.1) is 9.97 Å². The van der Waals surface area contributed by atoms with Crippen LogP contribution in [0.15, 0.2) is 59.3 Å². The Morgan fingerprint density at radius 2 is 1.93 bits per heavy atom. The second-order valence-electron chi connectivity index (χ2n) is 7.12. The number of nitrogens with one attached hydrogen (secondary N) is 1. The molecule has 29 heavy (non-hydrogen) atoms. The third-order valence-electron chi connectivity index (χ3n) is 5.14. The maximum absolute atomic E-state index is 6.29. The van der Waals surface area contributed by atoms with Crippen LogP contribution in [0.1, 0.15) is 24.8 Å². The highest BCUT2D eigenvalue weighted by Crippen LogP contribution is 2.41. The number of hydrogen-bond donors (Lipinski definition) is 1. The van der Waals surface area contributed by atoms with Crippen molar-refractivity contribution < 1.29 is 4.42 Å². The van der Waals surface area contributed by atoms with Crippen LogP contribution in [0, 0.1) is 0 Å². The summed E-state index contributed by atoms with van der Waals surface area (Å²) in [5.74, 6) is 4.21. The number of furan rings is 1. The van der Waals surface area contributed by atoms with Crippen LogP contribution >= 0.6 is 23.5 Å². The molecule has 148 valence electrons. The molecular weight excluding hydrogens is 398 g/mol.